The maximum atomic E-state index is 11.1. The van der Waals surface area contributed by atoms with Crippen molar-refractivity contribution in [3.8, 4) is 11.5 Å². The van der Waals surface area contributed by atoms with Gasteiger partial charge in [-0.2, -0.15) is 5.10 Å². The van der Waals surface area contributed by atoms with E-state index in [0.717, 1.165) is 0 Å². The number of aromatic carboxylic acids is 1. The molecule has 0 atom stereocenters. The van der Waals surface area contributed by atoms with Crippen LogP contribution in [0.25, 0.3) is 0 Å². The molecule has 0 amide bonds. The minimum atomic E-state index is -0.997. The van der Waals surface area contributed by atoms with Crippen LogP contribution in [0.4, 0.5) is 0 Å². The van der Waals surface area contributed by atoms with Gasteiger partial charge < -0.3 is 19.9 Å². The van der Waals surface area contributed by atoms with Crippen molar-refractivity contribution in [2.45, 2.75) is 13.5 Å². The maximum absolute atomic E-state index is 11.1. The summed E-state index contributed by atoms with van der Waals surface area (Å²) in [6.45, 7) is 2.77. The second-order valence-electron chi connectivity index (χ2n) is 5.56. The lowest BCUT2D eigenvalue weighted by Gasteiger charge is -2.13. The molecule has 0 aliphatic carbocycles. The van der Waals surface area contributed by atoms with Crippen molar-refractivity contribution >= 4 is 41.1 Å². The highest BCUT2D eigenvalue weighted by Crippen LogP contribution is 2.36. The molecule has 0 fully saturated rings. The SMILES string of the molecule is CCNC(=S)NN=Cc1cc(Cl)c(OCc2cccc(C(=O)O)c2)c(OC)c1. The largest absolute Gasteiger partial charge is 0.493 e. The molecular weight excluding hydrogens is 402 g/mol. The number of carboxylic acids is 1. The van der Waals surface area contributed by atoms with E-state index < -0.39 is 5.97 Å². The molecule has 0 aromatic heterocycles. The van der Waals surface area contributed by atoms with E-state index in [0.29, 0.717) is 39.3 Å². The summed E-state index contributed by atoms with van der Waals surface area (Å²) in [7, 11) is 1.50. The van der Waals surface area contributed by atoms with Gasteiger partial charge in [-0.1, -0.05) is 23.7 Å². The first-order chi connectivity index (χ1) is 13.4. The number of benzene rings is 2. The Kier molecular flexibility index (Phi) is 8.03. The van der Waals surface area contributed by atoms with Gasteiger partial charge in [0, 0.05) is 6.54 Å². The number of hydrogen-bond acceptors (Lipinski definition) is 5. The number of ether oxygens (including phenoxy) is 2. The number of carbonyl (C=O) groups is 1. The standard InChI is InChI=1S/C19H20ClN3O4S/c1-3-21-19(28)23-22-10-13-8-15(20)17(16(9-13)26-2)27-11-12-5-4-6-14(7-12)18(24)25/h4-10H,3,11H2,1-2H3,(H,24,25)(H2,21,23,28). The molecule has 2 aromatic carbocycles. The van der Waals surface area contributed by atoms with Crippen LogP contribution in [-0.2, 0) is 6.61 Å². The average Bonchev–Trinajstić information content (AvgIpc) is 2.67. The number of methoxy groups -OCH3 is 1. The molecule has 0 bridgehead atoms. The van der Waals surface area contributed by atoms with Crippen LogP contribution in [0.3, 0.4) is 0 Å². The van der Waals surface area contributed by atoms with Crippen molar-refractivity contribution in [2.24, 2.45) is 5.10 Å². The number of hydrazone groups is 1. The van der Waals surface area contributed by atoms with E-state index in [2.05, 4.69) is 15.8 Å². The van der Waals surface area contributed by atoms with E-state index in [4.69, 9.17) is 38.4 Å². The Morgan fingerprint density at radius 1 is 1.36 bits per heavy atom. The van der Waals surface area contributed by atoms with E-state index in [1.165, 1.54) is 13.2 Å². The van der Waals surface area contributed by atoms with Gasteiger partial charge in [0.05, 0.1) is 23.9 Å². The molecule has 0 aliphatic rings. The predicted octanol–water partition coefficient (Wildman–Crippen LogP) is 3.44. The highest BCUT2D eigenvalue weighted by atomic mass is 35.5. The van der Waals surface area contributed by atoms with Crippen molar-refractivity contribution in [3.05, 3.63) is 58.1 Å². The van der Waals surface area contributed by atoms with Gasteiger partial charge in [-0.05, 0) is 54.5 Å². The van der Waals surface area contributed by atoms with Crippen LogP contribution < -0.4 is 20.2 Å². The summed E-state index contributed by atoms with van der Waals surface area (Å²) in [6.07, 6.45) is 1.55. The Balaban J connectivity index is 2.12. The number of halogens is 1. The van der Waals surface area contributed by atoms with Gasteiger partial charge in [-0.15, -0.1) is 0 Å². The minimum Gasteiger partial charge on any atom is -0.493 e. The molecule has 9 heteroatoms. The summed E-state index contributed by atoms with van der Waals surface area (Å²) in [5.74, 6) is -0.209. The number of nitrogens with zero attached hydrogens (tertiary/aromatic N) is 1. The lowest BCUT2D eigenvalue weighted by molar-refractivity contribution is 0.0696. The topological polar surface area (TPSA) is 92.2 Å². The third kappa shape index (κ3) is 6.11. The third-order valence-electron chi connectivity index (χ3n) is 3.53. The molecule has 0 aliphatic heterocycles. The second kappa shape index (κ2) is 10.5. The smallest absolute Gasteiger partial charge is 0.335 e. The zero-order valence-electron chi connectivity index (χ0n) is 15.4. The molecule has 7 nitrogen and oxygen atoms in total. The molecule has 0 unspecified atom stereocenters. The quantitative estimate of drug-likeness (QED) is 0.341. The van der Waals surface area contributed by atoms with Crippen molar-refractivity contribution in [2.75, 3.05) is 13.7 Å². The Morgan fingerprint density at radius 3 is 2.82 bits per heavy atom. The van der Waals surface area contributed by atoms with Crippen LogP contribution in [0.2, 0.25) is 5.02 Å². The maximum Gasteiger partial charge on any atom is 0.335 e. The van der Waals surface area contributed by atoms with Crippen molar-refractivity contribution in [1.82, 2.24) is 10.7 Å². The molecule has 0 heterocycles. The van der Waals surface area contributed by atoms with Crippen molar-refractivity contribution < 1.29 is 19.4 Å². The van der Waals surface area contributed by atoms with E-state index in [1.807, 2.05) is 6.92 Å². The number of rotatable bonds is 8. The van der Waals surface area contributed by atoms with Crippen molar-refractivity contribution in [3.63, 3.8) is 0 Å². The lowest BCUT2D eigenvalue weighted by Crippen LogP contribution is -2.31. The molecule has 0 spiro atoms. The third-order valence-corrected chi connectivity index (χ3v) is 4.04. The zero-order chi connectivity index (χ0) is 20.5. The van der Waals surface area contributed by atoms with Crippen LogP contribution in [0.1, 0.15) is 28.4 Å². The molecular formula is C19H20ClN3O4S. The highest BCUT2D eigenvalue weighted by molar-refractivity contribution is 7.80. The van der Waals surface area contributed by atoms with Crippen molar-refractivity contribution in [1.29, 1.82) is 0 Å². The van der Waals surface area contributed by atoms with Crippen LogP contribution >= 0.6 is 23.8 Å². The summed E-state index contributed by atoms with van der Waals surface area (Å²) in [4.78, 5) is 11.1. The molecule has 28 heavy (non-hydrogen) atoms. The van der Waals surface area contributed by atoms with Crippen LogP contribution in [0.5, 0.6) is 11.5 Å². The second-order valence-corrected chi connectivity index (χ2v) is 6.37. The molecule has 2 aromatic rings. The first-order valence-corrected chi connectivity index (χ1v) is 9.12. The van der Waals surface area contributed by atoms with E-state index in [-0.39, 0.29) is 12.2 Å². The normalized spacial score (nSPS) is 10.5. The Bertz CT molecular complexity index is 889. The fourth-order valence-corrected chi connectivity index (χ4v) is 2.74. The van der Waals surface area contributed by atoms with E-state index in [1.54, 1.807) is 36.5 Å². The van der Waals surface area contributed by atoms with Gasteiger partial charge >= 0.3 is 5.97 Å². The van der Waals surface area contributed by atoms with Gasteiger partial charge in [-0.3, -0.25) is 5.43 Å². The molecule has 0 radical (unpaired) electrons. The molecule has 0 saturated carbocycles. The Labute approximate surface area is 173 Å². The lowest BCUT2D eigenvalue weighted by atomic mass is 10.1. The van der Waals surface area contributed by atoms with Gasteiger partial charge in [0.2, 0.25) is 0 Å². The first kappa shape index (κ1) is 21.5. The highest BCUT2D eigenvalue weighted by Gasteiger charge is 2.12. The van der Waals surface area contributed by atoms with Gasteiger partial charge in [0.25, 0.3) is 0 Å². The van der Waals surface area contributed by atoms with Crippen LogP contribution in [0.15, 0.2) is 41.5 Å². The van der Waals surface area contributed by atoms with Gasteiger partial charge in [-0.25, -0.2) is 4.79 Å². The number of thiocarbonyl (C=S) groups is 1. The van der Waals surface area contributed by atoms with Gasteiger partial charge in [0.1, 0.15) is 6.61 Å². The Morgan fingerprint density at radius 2 is 2.14 bits per heavy atom. The zero-order valence-corrected chi connectivity index (χ0v) is 16.9. The molecule has 3 N–H and O–H groups in total. The first-order valence-electron chi connectivity index (χ1n) is 8.34. The number of nitrogens with one attached hydrogen (secondary N) is 2. The number of hydrogen-bond donors (Lipinski definition) is 3. The Hall–Kier alpha value is -2.84. The van der Waals surface area contributed by atoms with E-state index >= 15 is 0 Å². The summed E-state index contributed by atoms with van der Waals surface area (Å²) >= 11 is 11.4. The van der Waals surface area contributed by atoms with Gasteiger partial charge in [0.15, 0.2) is 16.6 Å². The van der Waals surface area contributed by atoms with Crippen LogP contribution in [-0.4, -0.2) is 36.1 Å². The fourth-order valence-electron chi connectivity index (χ4n) is 2.27. The summed E-state index contributed by atoms with van der Waals surface area (Å²) in [5, 5.41) is 16.8. The van der Waals surface area contributed by atoms with E-state index in [9.17, 15) is 4.79 Å². The summed E-state index contributed by atoms with van der Waals surface area (Å²) in [6, 6.07) is 9.88. The monoisotopic (exact) mass is 421 g/mol. The average molecular weight is 422 g/mol. The summed E-state index contributed by atoms with van der Waals surface area (Å²) in [5.41, 5.74) is 4.27. The summed E-state index contributed by atoms with van der Waals surface area (Å²) < 4.78 is 11.1. The molecule has 0 saturated heterocycles. The fraction of sp³-hybridized carbons (Fsp3) is 0.211. The molecule has 148 valence electrons. The predicted molar refractivity (Wildman–Crippen MR) is 113 cm³/mol. The minimum absolute atomic E-state index is 0.142. The van der Waals surface area contributed by atoms with Crippen LogP contribution in [0, 0.1) is 0 Å². The number of carboxylic acid groups (broad SMARTS) is 1. The molecule has 2 rings (SSSR count).